The molecule has 0 saturated carbocycles. The highest BCUT2D eigenvalue weighted by molar-refractivity contribution is 5.84. The van der Waals surface area contributed by atoms with Crippen molar-refractivity contribution in [1.29, 1.82) is 0 Å². The molecule has 62 valence electrons. The van der Waals surface area contributed by atoms with E-state index >= 15 is 0 Å². The van der Waals surface area contributed by atoms with Gasteiger partial charge in [0.25, 0.3) is 0 Å². The number of hydrogen-bond acceptors (Lipinski definition) is 3. The summed E-state index contributed by atoms with van der Waals surface area (Å²) in [6.45, 7) is 0.748. The Morgan fingerprint density at radius 3 is 2.91 bits per heavy atom. The molecule has 11 heavy (non-hydrogen) atoms. The van der Waals surface area contributed by atoms with E-state index in [0.717, 1.165) is 12.8 Å². The first-order valence-corrected chi connectivity index (χ1v) is 3.92. The minimum absolute atomic E-state index is 0.0107. The van der Waals surface area contributed by atoms with Crippen LogP contribution < -0.4 is 10.6 Å². The van der Waals surface area contributed by atoms with E-state index < -0.39 is 0 Å². The van der Waals surface area contributed by atoms with Crippen molar-refractivity contribution in [3.63, 3.8) is 0 Å². The van der Waals surface area contributed by atoms with Gasteiger partial charge in [0.1, 0.15) is 0 Å². The lowest BCUT2D eigenvalue weighted by Crippen LogP contribution is -2.71. The van der Waals surface area contributed by atoms with Gasteiger partial charge in [-0.05, 0) is 12.8 Å². The molecule has 3 aliphatic heterocycles. The second-order valence-electron chi connectivity index (χ2n) is 3.40. The van der Waals surface area contributed by atoms with Crippen LogP contribution in [0, 0.1) is 0 Å². The van der Waals surface area contributed by atoms with E-state index in [1.807, 2.05) is 0 Å². The Kier molecular flexibility index (Phi) is 1.40. The van der Waals surface area contributed by atoms with Crippen molar-refractivity contribution >= 4 is 5.91 Å². The van der Waals surface area contributed by atoms with Crippen LogP contribution >= 0.6 is 0 Å². The molecule has 0 aliphatic carbocycles. The Balaban J connectivity index is 2.18. The third-order valence-electron chi connectivity index (χ3n) is 2.61. The standard InChI is InChI=1S/C7H12N2O2/c10-4-7-2-1-5(8-3-7)6(11)9-7/h5,8,10H,1-4H2,(H,9,11). The number of fused-ring (bicyclic) bond motifs is 3. The van der Waals surface area contributed by atoms with Gasteiger partial charge >= 0.3 is 0 Å². The summed E-state index contributed by atoms with van der Waals surface area (Å²) in [6, 6.07) is -0.0107. The van der Waals surface area contributed by atoms with Gasteiger partial charge in [-0.15, -0.1) is 0 Å². The molecule has 3 saturated heterocycles. The molecule has 3 heterocycles. The van der Waals surface area contributed by atoms with Gasteiger partial charge in [-0.1, -0.05) is 0 Å². The monoisotopic (exact) mass is 156 g/mol. The summed E-state index contributed by atoms with van der Waals surface area (Å²) in [5.41, 5.74) is -0.355. The van der Waals surface area contributed by atoms with Crippen LogP contribution in [-0.2, 0) is 4.79 Å². The summed E-state index contributed by atoms with van der Waals surface area (Å²) in [7, 11) is 0. The molecule has 3 fully saturated rings. The highest BCUT2D eigenvalue weighted by Crippen LogP contribution is 2.24. The van der Waals surface area contributed by atoms with Crippen molar-refractivity contribution in [2.24, 2.45) is 0 Å². The van der Waals surface area contributed by atoms with Crippen LogP contribution in [0.5, 0.6) is 0 Å². The number of amides is 1. The van der Waals surface area contributed by atoms with Gasteiger partial charge in [0.15, 0.2) is 0 Å². The number of carbonyl (C=O) groups is 1. The highest BCUT2D eigenvalue weighted by atomic mass is 16.3. The molecular weight excluding hydrogens is 144 g/mol. The summed E-state index contributed by atoms with van der Waals surface area (Å²) in [4.78, 5) is 11.1. The molecule has 3 aliphatic rings. The quantitative estimate of drug-likeness (QED) is 0.437. The predicted octanol–water partition coefficient (Wildman–Crippen LogP) is -1.40. The topological polar surface area (TPSA) is 61.4 Å². The smallest absolute Gasteiger partial charge is 0.237 e. The Labute approximate surface area is 65.0 Å². The van der Waals surface area contributed by atoms with Crippen molar-refractivity contribution in [2.45, 2.75) is 24.4 Å². The zero-order valence-corrected chi connectivity index (χ0v) is 6.26. The predicted molar refractivity (Wildman–Crippen MR) is 39.0 cm³/mol. The molecule has 3 rings (SSSR count). The second-order valence-corrected chi connectivity index (χ2v) is 3.40. The van der Waals surface area contributed by atoms with Gasteiger partial charge in [0.05, 0.1) is 18.2 Å². The van der Waals surface area contributed by atoms with Crippen molar-refractivity contribution < 1.29 is 9.90 Å². The molecule has 2 unspecified atom stereocenters. The average Bonchev–Trinajstić information content (AvgIpc) is 2.06. The number of piperazine rings is 1. The molecule has 0 aromatic heterocycles. The summed E-state index contributed by atoms with van der Waals surface area (Å²) in [5.74, 6) is 0.0385. The number of rotatable bonds is 1. The molecule has 0 spiro atoms. The van der Waals surface area contributed by atoms with E-state index in [4.69, 9.17) is 5.11 Å². The van der Waals surface area contributed by atoms with Crippen LogP contribution in [0.4, 0.5) is 0 Å². The lowest BCUT2D eigenvalue weighted by molar-refractivity contribution is -0.132. The van der Waals surface area contributed by atoms with E-state index in [1.54, 1.807) is 0 Å². The van der Waals surface area contributed by atoms with Crippen LogP contribution in [0.25, 0.3) is 0 Å². The molecular formula is C7H12N2O2. The van der Waals surface area contributed by atoms with Gasteiger partial charge in [0.2, 0.25) is 5.91 Å². The highest BCUT2D eigenvalue weighted by Gasteiger charge is 2.44. The first kappa shape index (κ1) is 7.06. The zero-order valence-electron chi connectivity index (χ0n) is 6.26. The minimum atomic E-state index is -0.355. The Hall–Kier alpha value is -0.610. The van der Waals surface area contributed by atoms with Crippen LogP contribution in [0.3, 0.4) is 0 Å². The number of hydrogen-bond donors (Lipinski definition) is 3. The van der Waals surface area contributed by atoms with Crippen molar-refractivity contribution in [3.8, 4) is 0 Å². The average molecular weight is 156 g/mol. The van der Waals surface area contributed by atoms with Crippen LogP contribution in [0.1, 0.15) is 12.8 Å². The molecule has 0 aromatic rings. The first-order valence-electron chi connectivity index (χ1n) is 3.92. The fourth-order valence-corrected chi connectivity index (χ4v) is 1.78. The Morgan fingerprint density at radius 1 is 1.73 bits per heavy atom. The zero-order chi connectivity index (χ0) is 7.90. The molecule has 4 heteroatoms. The summed E-state index contributed by atoms with van der Waals surface area (Å²) in [6.07, 6.45) is 1.75. The first-order chi connectivity index (χ1) is 5.26. The number of piperidine rings is 2. The van der Waals surface area contributed by atoms with Crippen molar-refractivity contribution in [1.82, 2.24) is 10.6 Å². The number of nitrogens with one attached hydrogen (secondary N) is 2. The van der Waals surface area contributed by atoms with E-state index in [9.17, 15) is 4.79 Å². The van der Waals surface area contributed by atoms with Crippen molar-refractivity contribution in [2.75, 3.05) is 13.2 Å². The third-order valence-corrected chi connectivity index (χ3v) is 2.61. The maximum Gasteiger partial charge on any atom is 0.237 e. The summed E-state index contributed by atoms with van der Waals surface area (Å²) in [5, 5.41) is 14.9. The van der Waals surface area contributed by atoms with Crippen LogP contribution in [-0.4, -0.2) is 35.7 Å². The van der Waals surface area contributed by atoms with E-state index in [-0.39, 0.29) is 24.1 Å². The van der Waals surface area contributed by atoms with Crippen LogP contribution in [0.15, 0.2) is 0 Å². The van der Waals surface area contributed by atoms with Gasteiger partial charge in [-0.25, -0.2) is 0 Å². The lowest BCUT2D eigenvalue weighted by atomic mass is 9.83. The van der Waals surface area contributed by atoms with Gasteiger partial charge in [-0.3, -0.25) is 4.79 Å². The van der Waals surface area contributed by atoms with Gasteiger partial charge < -0.3 is 15.7 Å². The normalized spacial score (nSPS) is 42.3. The SMILES string of the molecule is O=C1NC2(CO)CCC1NC2. The fraction of sp³-hybridized carbons (Fsp3) is 0.857. The van der Waals surface area contributed by atoms with Gasteiger partial charge in [0, 0.05) is 6.54 Å². The second kappa shape index (κ2) is 2.19. The third kappa shape index (κ3) is 0.937. The van der Waals surface area contributed by atoms with E-state index in [1.165, 1.54) is 0 Å². The molecule has 4 nitrogen and oxygen atoms in total. The molecule has 1 amide bonds. The Bertz CT molecular complexity index is 185. The maximum atomic E-state index is 11.1. The molecule has 0 radical (unpaired) electrons. The van der Waals surface area contributed by atoms with Crippen LogP contribution in [0.2, 0.25) is 0 Å². The van der Waals surface area contributed by atoms with E-state index in [0.29, 0.717) is 6.54 Å². The fourth-order valence-electron chi connectivity index (χ4n) is 1.78. The number of carbonyl (C=O) groups excluding carboxylic acids is 1. The Morgan fingerprint density at radius 2 is 2.55 bits per heavy atom. The van der Waals surface area contributed by atoms with E-state index in [2.05, 4.69) is 10.6 Å². The molecule has 2 bridgehead atoms. The number of aliphatic hydroxyl groups excluding tert-OH is 1. The molecule has 0 aromatic carbocycles. The summed E-state index contributed by atoms with van der Waals surface area (Å²) >= 11 is 0. The minimum Gasteiger partial charge on any atom is -0.394 e. The largest absolute Gasteiger partial charge is 0.394 e. The summed E-state index contributed by atoms with van der Waals surface area (Å²) < 4.78 is 0. The van der Waals surface area contributed by atoms with Gasteiger partial charge in [-0.2, -0.15) is 0 Å². The molecule has 3 N–H and O–H groups in total. The lowest BCUT2D eigenvalue weighted by Gasteiger charge is -2.46. The van der Waals surface area contributed by atoms with Crippen molar-refractivity contribution in [3.05, 3.63) is 0 Å². The number of aliphatic hydroxyl groups is 1. The maximum absolute atomic E-state index is 11.1. The molecule has 2 atom stereocenters.